The van der Waals surface area contributed by atoms with E-state index in [0.717, 1.165) is 17.0 Å². The third-order valence-corrected chi connectivity index (χ3v) is 4.51. The van der Waals surface area contributed by atoms with Crippen LogP contribution in [0.1, 0.15) is 19.4 Å². The maximum atomic E-state index is 12.4. The average molecular weight is 401 g/mol. The van der Waals surface area contributed by atoms with Crippen LogP contribution < -0.4 is 0 Å². The van der Waals surface area contributed by atoms with Crippen molar-refractivity contribution in [1.29, 1.82) is 0 Å². The molecule has 1 aromatic rings. The van der Waals surface area contributed by atoms with Crippen LogP contribution in [0.25, 0.3) is 6.08 Å². The van der Waals surface area contributed by atoms with E-state index in [-0.39, 0.29) is 22.1 Å². The number of aromatic hydroxyl groups is 1. The number of halogens is 1. The molecule has 0 spiro atoms. The van der Waals surface area contributed by atoms with Crippen molar-refractivity contribution in [1.82, 2.24) is 4.90 Å². The zero-order valence-electron chi connectivity index (χ0n) is 13.6. The molecule has 0 radical (unpaired) electrons. The summed E-state index contributed by atoms with van der Waals surface area (Å²) in [5, 5.41) is 20.2. The Morgan fingerprint density at radius 3 is 2.73 bits per heavy atom. The number of rotatable bonds is 5. The number of nitro groups is 1. The van der Waals surface area contributed by atoms with E-state index in [9.17, 15) is 29.6 Å². The maximum absolute atomic E-state index is 12.4. The van der Waals surface area contributed by atoms with Gasteiger partial charge >= 0.3 is 11.7 Å². The average Bonchev–Trinajstić information content (AvgIpc) is 2.83. The van der Waals surface area contributed by atoms with Crippen LogP contribution in [-0.4, -0.2) is 44.7 Å². The molecule has 0 bridgehead atoms. The van der Waals surface area contributed by atoms with Crippen molar-refractivity contribution in [2.24, 2.45) is 0 Å². The summed E-state index contributed by atoms with van der Waals surface area (Å²) < 4.78 is 4.80. The third-order valence-electron chi connectivity index (χ3n) is 3.41. The molecule has 11 heteroatoms. The number of esters is 1. The summed E-state index contributed by atoms with van der Waals surface area (Å²) in [6.07, 6.45) is 1.11. The molecule has 1 fully saturated rings. The van der Waals surface area contributed by atoms with Crippen molar-refractivity contribution in [3.05, 3.63) is 37.7 Å². The Hall–Kier alpha value is -2.59. The maximum Gasteiger partial charge on any atom is 0.329 e. The van der Waals surface area contributed by atoms with Gasteiger partial charge in [0.25, 0.3) is 11.1 Å². The van der Waals surface area contributed by atoms with Crippen molar-refractivity contribution in [2.75, 3.05) is 6.61 Å². The van der Waals surface area contributed by atoms with Crippen molar-refractivity contribution in [3.63, 3.8) is 0 Å². The second-order valence-electron chi connectivity index (χ2n) is 5.10. The summed E-state index contributed by atoms with van der Waals surface area (Å²) in [5.74, 6) is -2.20. The van der Waals surface area contributed by atoms with Gasteiger partial charge < -0.3 is 9.84 Å². The topological polar surface area (TPSA) is 127 Å². The van der Waals surface area contributed by atoms with Gasteiger partial charge in [-0.2, -0.15) is 0 Å². The van der Waals surface area contributed by atoms with E-state index in [4.69, 9.17) is 16.3 Å². The molecule has 2 rings (SSSR count). The normalized spacial score (nSPS) is 16.9. The minimum absolute atomic E-state index is 0.0279. The fourth-order valence-corrected chi connectivity index (χ4v) is 3.30. The SMILES string of the molecule is CCOC(=O)[C@H](C)N1C(=O)S/C(=C/c2cc(Cl)cc([N+](=O)[O-])c2O)C1=O. The van der Waals surface area contributed by atoms with Gasteiger partial charge in [0.05, 0.1) is 16.4 Å². The van der Waals surface area contributed by atoms with Crippen molar-refractivity contribution in [3.8, 4) is 5.75 Å². The van der Waals surface area contributed by atoms with Gasteiger partial charge in [-0.05, 0) is 37.8 Å². The quantitative estimate of drug-likeness (QED) is 0.346. The number of hydrogen-bond acceptors (Lipinski definition) is 8. The number of phenolic OH excluding ortho intramolecular Hbond substituents is 1. The fourth-order valence-electron chi connectivity index (χ4n) is 2.18. The van der Waals surface area contributed by atoms with Gasteiger partial charge in [0.2, 0.25) is 5.75 Å². The molecular weight excluding hydrogens is 388 g/mol. The number of ether oxygens (including phenoxy) is 1. The van der Waals surface area contributed by atoms with Gasteiger partial charge in [0.1, 0.15) is 6.04 Å². The Kier molecular flexibility index (Phi) is 5.88. The molecule has 1 atom stereocenters. The van der Waals surface area contributed by atoms with Crippen molar-refractivity contribution < 1.29 is 29.2 Å². The molecule has 0 unspecified atom stereocenters. The third kappa shape index (κ3) is 3.81. The molecule has 1 N–H and O–H groups in total. The fraction of sp³-hybridized carbons (Fsp3) is 0.267. The number of amides is 2. The minimum Gasteiger partial charge on any atom is -0.502 e. The van der Waals surface area contributed by atoms with Crippen molar-refractivity contribution in [2.45, 2.75) is 19.9 Å². The number of hydrogen-bond donors (Lipinski definition) is 1. The van der Waals surface area contributed by atoms with Crippen LogP contribution >= 0.6 is 23.4 Å². The molecule has 138 valence electrons. The molecule has 1 aromatic carbocycles. The first-order valence-electron chi connectivity index (χ1n) is 7.28. The van der Waals surface area contributed by atoms with E-state index in [1.54, 1.807) is 6.92 Å². The molecule has 1 heterocycles. The predicted octanol–water partition coefficient (Wildman–Crippen LogP) is 2.94. The highest BCUT2D eigenvalue weighted by Crippen LogP contribution is 2.39. The van der Waals surface area contributed by atoms with Crippen LogP contribution in [0, 0.1) is 10.1 Å². The van der Waals surface area contributed by atoms with E-state index in [2.05, 4.69) is 0 Å². The molecule has 9 nitrogen and oxygen atoms in total. The summed E-state index contributed by atoms with van der Waals surface area (Å²) in [5.41, 5.74) is -0.735. The first-order chi connectivity index (χ1) is 12.2. The number of phenols is 1. The number of nitro benzene ring substituents is 1. The largest absolute Gasteiger partial charge is 0.502 e. The number of carbonyl (C=O) groups excluding carboxylic acids is 3. The number of thioether (sulfide) groups is 1. The van der Waals surface area contributed by atoms with Crippen LogP contribution in [0.15, 0.2) is 17.0 Å². The lowest BCUT2D eigenvalue weighted by Crippen LogP contribution is -2.42. The second kappa shape index (κ2) is 7.75. The monoisotopic (exact) mass is 400 g/mol. The Balaban J connectivity index is 2.39. The molecule has 0 aromatic heterocycles. The summed E-state index contributed by atoms with van der Waals surface area (Å²) in [6, 6.07) is 1.05. The van der Waals surface area contributed by atoms with Crippen LogP contribution in [0.4, 0.5) is 10.5 Å². The Morgan fingerprint density at radius 2 is 2.15 bits per heavy atom. The molecule has 0 saturated carbocycles. The van der Waals surface area contributed by atoms with Gasteiger partial charge in [0.15, 0.2) is 0 Å². The van der Waals surface area contributed by atoms with Gasteiger partial charge in [-0.25, -0.2) is 4.79 Å². The number of carbonyl (C=O) groups is 3. The Labute approximate surface area is 156 Å². The molecule has 0 aliphatic carbocycles. The van der Waals surface area contributed by atoms with Gasteiger partial charge in [-0.15, -0.1) is 0 Å². The molecule has 1 aliphatic heterocycles. The second-order valence-corrected chi connectivity index (χ2v) is 6.53. The van der Waals surface area contributed by atoms with E-state index in [0.29, 0.717) is 11.8 Å². The summed E-state index contributed by atoms with van der Waals surface area (Å²) >= 11 is 6.33. The van der Waals surface area contributed by atoms with E-state index < -0.39 is 39.5 Å². The minimum atomic E-state index is -1.13. The van der Waals surface area contributed by atoms with Crippen LogP contribution in [0.2, 0.25) is 5.02 Å². The highest BCUT2D eigenvalue weighted by atomic mass is 35.5. The van der Waals surface area contributed by atoms with Crippen molar-refractivity contribution >= 4 is 52.2 Å². The van der Waals surface area contributed by atoms with Crippen LogP contribution in [0.5, 0.6) is 5.75 Å². The van der Waals surface area contributed by atoms with E-state index in [1.807, 2.05) is 0 Å². The summed E-state index contributed by atoms with van der Waals surface area (Å²) in [7, 11) is 0. The lowest BCUT2D eigenvalue weighted by molar-refractivity contribution is -0.385. The Bertz CT molecular complexity index is 840. The number of nitrogens with zero attached hydrogens (tertiary/aromatic N) is 2. The molecule has 2 amide bonds. The molecular formula is C15H13ClN2O7S. The summed E-state index contributed by atoms with van der Waals surface area (Å²) in [6.45, 7) is 3.03. The molecule has 1 saturated heterocycles. The number of benzene rings is 1. The van der Waals surface area contributed by atoms with Crippen LogP contribution in [0.3, 0.4) is 0 Å². The number of imide groups is 1. The van der Waals surface area contributed by atoms with Gasteiger partial charge in [-0.3, -0.25) is 24.6 Å². The van der Waals surface area contributed by atoms with Gasteiger partial charge in [-0.1, -0.05) is 11.6 Å². The highest BCUT2D eigenvalue weighted by Gasteiger charge is 2.41. The standard InChI is InChI=1S/C15H13ClN2O7S/c1-3-25-14(21)7(2)17-13(20)11(26-15(17)22)5-8-4-9(16)6-10(12(8)19)18(23)24/h4-7,19H,3H2,1-2H3/b11-5+/t7-/m0/s1. The first kappa shape index (κ1) is 19.7. The first-order valence-corrected chi connectivity index (χ1v) is 8.47. The van der Waals surface area contributed by atoms with E-state index >= 15 is 0 Å². The zero-order chi connectivity index (χ0) is 19.6. The lowest BCUT2D eigenvalue weighted by Gasteiger charge is -2.19. The molecule has 1 aliphatic rings. The summed E-state index contributed by atoms with van der Waals surface area (Å²) in [4.78, 5) is 47.0. The highest BCUT2D eigenvalue weighted by molar-refractivity contribution is 8.18. The molecule has 26 heavy (non-hydrogen) atoms. The van der Waals surface area contributed by atoms with E-state index in [1.165, 1.54) is 13.0 Å². The zero-order valence-corrected chi connectivity index (χ0v) is 15.2. The lowest BCUT2D eigenvalue weighted by atomic mass is 10.1. The van der Waals surface area contributed by atoms with Gasteiger partial charge in [0, 0.05) is 16.7 Å². The Morgan fingerprint density at radius 1 is 1.50 bits per heavy atom. The van der Waals surface area contributed by atoms with Crippen LogP contribution in [-0.2, 0) is 14.3 Å². The predicted molar refractivity (Wildman–Crippen MR) is 93.7 cm³/mol. The smallest absolute Gasteiger partial charge is 0.329 e.